The van der Waals surface area contributed by atoms with Crippen molar-refractivity contribution in [2.75, 3.05) is 13.2 Å². The molecular formula is C62H110O6. The molecule has 0 saturated heterocycles. The minimum Gasteiger partial charge on any atom is -0.462 e. The third-order valence-electron chi connectivity index (χ3n) is 12.7. The first kappa shape index (κ1) is 65.1. The third-order valence-corrected chi connectivity index (χ3v) is 12.7. The summed E-state index contributed by atoms with van der Waals surface area (Å²) in [6.45, 7) is 6.60. The summed E-state index contributed by atoms with van der Waals surface area (Å²) in [6, 6.07) is 0. The summed E-state index contributed by atoms with van der Waals surface area (Å²) in [4.78, 5) is 38.2. The van der Waals surface area contributed by atoms with Crippen LogP contribution in [-0.4, -0.2) is 37.2 Å². The number of hydrogen-bond donors (Lipinski definition) is 0. The van der Waals surface area contributed by atoms with Gasteiger partial charge in [0.2, 0.25) is 0 Å². The molecule has 0 aliphatic carbocycles. The van der Waals surface area contributed by atoms with Crippen LogP contribution in [0, 0.1) is 0 Å². The molecule has 0 fully saturated rings. The van der Waals surface area contributed by atoms with Crippen molar-refractivity contribution in [2.45, 2.75) is 303 Å². The zero-order valence-corrected chi connectivity index (χ0v) is 45.1. The first-order valence-electron chi connectivity index (χ1n) is 29.3. The van der Waals surface area contributed by atoms with Crippen molar-refractivity contribution in [2.24, 2.45) is 0 Å². The predicted octanol–water partition coefficient (Wildman–Crippen LogP) is 19.6. The van der Waals surface area contributed by atoms with E-state index in [-0.39, 0.29) is 31.1 Å². The second-order valence-electron chi connectivity index (χ2n) is 19.6. The first-order chi connectivity index (χ1) is 33.5. The quantitative estimate of drug-likeness (QED) is 0.0199. The van der Waals surface area contributed by atoms with Crippen LogP contribution in [0.5, 0.6) is 0 Å². The fourth-order valence-corrected chi connectivity index (χ4v) is 8.28. The molecule has 0 aromatic heterocycles. The van der Waals surface area contributed by atoms with Crippen LogP contribution in [0.25, 0.3) is 0 Å². The molecule has 68 heavy (non-hydrogen) atoms. The summed E-state index contributed by atoms with van der Waals surface area (Å²) in [5.74, 6) is -0.900. The number of allylic oxidation sites excluding steroid dienone is 10. The van der Waals surface area contributed by atoms with Crippen LogP contribution in [0.1, 0.15) is 297 Å². The number of rotatable bonds is 53. The van der Waals surface area contributed by atoms with Gasteiger partial charge in [-0.25, -0.2) is 0 Å². The zero-order chi connectivity index (χ0) is 49.3. The Kier molecular flexibility index (Phi) is 54.3. The van der Waals surface area contributed by atoms with Crippen LogP contribution in [-0.2, 0) is 28.6 Å². The Bertz CT molecular complexity index is 1230. The lowest BCUT2D eigenvalue weighted by Crippen LogP contribution is -2.30. The maximum atomic E-state index is 12.9. The SMILES string of the molecule is CCCCC/C=C\C/C=C\CCCCCCCCCC(=O)OC(COC(=O)CCCCCCC/C=C\C=C/CCCCCCCCC)COC(=O)CCCCCCCCC/C=C\CCCCCC. The molecule has 0 aliphatic heterocycles. The summed E-state index contributed by atoms with van der Waals surface area (Å²) in [6.07, 6.45) is 70.6. The molecule has 0 spiro atoms. The van der Waals surface area contributed by atoms with Gasteiger partial charge in [-0.2, -0.15) is 0 Å². The maximum absolute atomic E-state index is 12.9. The molecule has 0 radical (unpaired) electrons. The molecule has 6 nitrogen and oxygen atoms in total. The summed E-state index contributed by atoms with van der Waals surface area (Å²) in [5.41, 5.74) is 0. The molecule has 0 aromatic carbocycles. The summed E-state index contributed by atoms with van der Waals surface area (Å²) < 4.78 is 16.9. The molecule has 0 saturated carbocycles. The Morgan fingerprint density at radius 1 is 0.309 bits per heavy atom. The fraction of sp³-hybridized carbons (Fsp3) is 0.790. The number of hydrogen-bond acceptors (Lipinski definition) is 6. The molecule has 0 rings (SSSR count). The number of carbonyl (C=O) groups excluding carboxylic acids is 3. The lowest BCUT2D eigenvalue weighted by molar-refractivity contribution is -0.167. The van der Waals surface area contributed by atoms with Gasteiger partial charge in [-0.15, -0.1) is 0 Å². The molecule has 0 aromatic rings. The van der Waals surface area contributed by atoms with Gasteiger partial charge in [-0.05, 0) is 103 Å². The largest absolute Gasteiger partial charge is 0.462 e. The summed E-state index contributed by atoms with van der Waals surface area (Å²) in [7, 11) is 0. The van der Waals surface area contributed by atoms with Crippen molar-refractivity contribution < 1.29 is 28.6 Å². The summed E-state index contributed by atoms with van der Waals surface area (Å²) in [5, 5.41) is 0. The van der Waals surface area contributed by atoms with E-state index >= 15 is 0 Å². The predicted molar refractivity (Wildman–Crippen MR) is 293 cm³/mol. The van der Waals surface area contributed by atoms with Gasteiger partial charge in [0.25, 0.3) is 0 Å². The molecule has 1 atom stereocenters. The minimum absolute atomic E-state index is 0.0839. The molecule has 0 amide bonds. The highest BCUT2D eigenvalue weighted by Crippen LogP contribution is 2.15. The smallest absolute Gasteiger partial charge is 0.306 e. The van der Waals surface area contributed by atoms with E-state index in [9.17, 15) is 14.4 Å². The summed E-state index contributed by atoms with van der Waals surface area (Å²) >= 11 is 0. The van der Waals surface area contributed by atoms with Crippen molar-refractivity contribution in [3.8, 4) is 0 Å². The first-order valence-corrected chi connectivity index (χ1v) is 29.3. The van der Waals surface area contributed by atoms with Crippen LogP contribution in [0.2, 0.25) is 0 Å². The average molecular weight is 952 g/mol. The Labute approximate surface area is 421 Å². The van der Waals surface area contributed by atoms with Crippen molar-refractivity contribution >= 4 is 17.9 Å². The highest BCUT2D eigenvalue weighted by molar-refractivity contribution is 5.71. The Balaban J connectivity index is 4.41. The van der Waals surface area contributed by atoms with E-state index in [1.165, 1.54) is 167 Å². The number of ether oxygens (including phenoxy) is 3. The molecule has 0 aliphatic rings. The topological polar surface area (TPSA) is 78.9 Å². The highest BCUT2D eigenvalue weighted by atomic mass is 16.6. The normalized spacial score (nSPS) is 12.5. The molecule has 394 valence electrons. The van der Waals surface area contributed by atoms with Gasteiger partial charge in [0.1, 0.15) is 13.2 Å². The van der Waals surface area contributed by atoms with E-state index in [1.807, 2.05) is 0 Å². The Morgan fingerprint density at radius 3 is 0.956 bits per heavy atom. The van der Waals surface area contributed by atoms with Crippen LogP contribution in [0.4, 0.5) is 0 Å². The third kappa shape index (κ3) is 54.1. The Hall–Kier alpha value is -2.89. The van der Waals surface area contributed by atoms with Gasteiger partial charge >= 0.3 is 17.9 Å². The van der Waals surface area contributed by atoms with Gasteiger partial charge in [0.15, 0.2) is 6.10 Å². The molecule has 1 unspecified atom stereocenters. The number of unbranched alkanes of at least 4 members (excludes halogenated alkanes) is 33. The van der Waals surface area contributed by atoms with Crippen molar-refractivity contribution in [1.82, 2.24) is 0 Å². The van der Waals surface area contributed by atoms with Gasteiger partial charge in [-0.3, -0.25) is 14.4 Å². The van der Waals surface area contributed by atoms with Gasteiger partial charge in [0, 0.05) is 19.3 Å². The van der Waals surface area contributed by atoms with Gasteiger partial charge < -0.3 is 14.2 Å². The molecule has 0 heterocycles. The van der Waals surface area contributed by atoms with E-state index in [0.717, 1.165) is 89.9 Å². The minimum atomic E-state index is -0.787. The van der Waals surface area contributed by atoms with E-state index in [2.05, 4.69) is 81.5 Å². The van der Waals surface area contributed by atoms with Crippen LogP contribution in [0.15, 0.2) is 60.8 Å². The lowest BCUT2D eigenvalue weighted by Gasteiger charge is -2.18. The van der Waals surface area contributed by atoms with Crippen LogP contribution in [0.3, 0.4) is 0 Å². The van der Waals surface area contributed by atoms with Gasteiger partial charge in [-0.1, -0.05) is 236 Å². The standard InChI is InChI=1S/C62H110O6/c1-4-7-10-13-16-19-22-25-28-30-32-34-37-40-43-46-49-52-55-61(64)67-58-59(57-66-60(63)54-51-48-45-42-39-36-33-27-24-21-18-15-12-9-6-3)68-62(65)56-53-50-47-44-41-38-35-31-29-26-23-20-17-14-11-8-5-2/h17,20-21,24,26,28-30,32,34,59H,4-16,18-19,22-23,25,27,31,33,35-58H2,1-3H3/b20-17-,24-21-,29-26-,30-28-,34-32-. The van der Waals surface area contributed by atoms with E-state index in [1.54, 1.807) is 0 Å². The monoisotopic (exact) mass is 951 g/mol. The molecule has 0 N–H and O–H groups in total. The van der Waals surface area contributed by atoms with Crippen molar-refractivity contribution in [3.05, 3.63) is 60.8 Å². The van der Waals surface area contributed by atoms with Crippen molar-refractivity contribution in [3.63, 3.8) is 0 Å². The average Bonchev–Trinajstić information content (AvgIpc) is 3.34. The Morgan fingerprint density at radius 2 is 0.574 bits per heavy atom. The lowest BCUT2D eigenvalue weighted by atomic mass is 10.1. The second-order valence-corrected chi connectivity index (χ2v) is 19.6. The zero-order valence-electron chi connectivity index (χ0n) is 45.1. The number of esters is 3. The molecule has 0 bridgehead atoms. The fourth-order valence-electron chi connectivity index (χ4n) is 8.28. The van der Waals surface area contributed by atoms with E-state index in [0.29, 0.717) is 19.3 Å². The molecular weight excluding hydrogens is 841 g/mol. The van der Waals surface area contributed by atoms with E-state index in [4.69, 9.17) is 14.2 Å². The van der Waals surface area contributed by atoms with Gasteiger partial charge in [0.05, 0.1) is 0 Å². The highest BCUT2D eigenvalue weighted by Gasteiger charge is 2.19. The van der Waals surface area contributed by atoms with Crippen molar-refractivity contribution in [1.29, 1.82) is 0 Å². The van der Waals surface area contributed by atoms with Crippen LogP contribution < -0.4 is 0 Å². The van der Waals surface area contributed by atoms with E-state index < -0.39 is 6.10 Å². The second kappa shape index (κ2) is 56.7. The maximum Gasteiger partial charge on any atom is 0.306 e. The van der Waals surface area contributed by atoms with Crippen LogP contribution >= 0.6 is 0 Å². The number of carbonyl (C=O) groups is 3. The molecule has 6 heteroatoms.